The summed E-state index contributed by atoms with van der Waals surface area (Å²) in [6.07, 6.45) is -0.288. The van der Waals surface area contributed by atoms with Crippen LogP contribution in [0.3, 0.4) is 0 Å². The Morgan fingerprint density at radius 2 is 2.17 bits per heavy atom. The van der Waals surface area contributed by atoms with Crippen molar-refractivity contribution >= 4 is 11.3 Å². The van der Waals surface area contributed by atoms with Gasteiger partial charge in [0.1, 0.15) is 0 Å². The molecule has 0 aliphatic rings. The fraction of sp³-hybridized carbons (Fsp3) is 0.714. The summed E-state index contributed by atoms with van der Waals surface area (Å²) in [4.78, 5) is 3.65. The summed E-state index contributed by atoms with van der Waals surface area (Å²) in [5, 5.41) is 15.4. The van der Waals surface area contributed by atoms with Crippen molar-refractivity contribution in [1.29, 1.82) is 0 Å². The Labute approximate surface area is 115 Å². The van der Waals surface area contributed by atoms with Crippen LogP contribution in [0.25, 0.3) is 0 Å². The molecule has 3 nitrogen and oxygen atoms in total. The Balaban J connectivity index is 2.24. The van der Waals surface area contributed by atoms with Gasteiger partial charge in [-0.2, -0.15) is 0 Å². The fourth-order valence-corrected chi connectivity index (χ4v) is 2.58. The Morgan fingerprint density at radius 1 is 1.39 bits per heavy atom. The van der Waals surface area contributed by atoms with Crippen LogP contribution in [0.2, 0.25) is 0 Å². The van der Waals surface area contributed by atoms with Crippen molar-refractivity contribution in [3.8, 4) is 0 Å². The Kier molecular flexibility index (Phi) is 7.51. The monoisotopic (exact) mass is 270 g/mol. The second-order valence-corrected chi connectivity index (χ2v) is 6.15. The molecule has 0 aliphatic heterocycles. The summed E-state index contributed by atoms with van der Waals surface area (Å²) in [6.45, 7) is 10.8. The van der Waals surface area contributed by atoms with Gasteiger partial charge in [-0.3, -0.25) is 4.90 Å². The summed E-state index contributed by atoms with van der Waals surface area (Å²) in [5.74, 6) is 0.630. The van der Waals surface area contributed by atoms with E-state index in [4.69, 9.17) is 0 Å². The summed E-state index contributed by atoms with van der Waals surface area (Å²) < 4.78 is 0. The van der Waals surface area contributed by atoms with Gasteiger partial charge < -0.3 is 10.4 Å². The van der Waals surface area contributed by atoms with Crippen molar-refractivity contribution in [1.82, 2.24) is 10.2 Å². The van der Waals surface area contributed by atoms with Crippen LogP contribution in [-0.2, 0) is 6.54 Å². The van der Waals surface area contributed by atoms with Gasteiger partial charge in [-0.05, 0) is 30.5 Å². The lowest BCUT2D eigenvalue weighted by atomic mass is 10.2. The highest BCUT2D eigenvalue weighted by Gasteiger charge is 2.11. The minimum atomic E-state index is -0.288. The van der Waals surface area contributed by atoms with E-state index in [9.17, 15) is 5.11 Å². The van der Waals surface area contributed by atoms with Gasteiger partial charge in [-0.15, -0.1) is 11.3 Å². The topological polar surface area (TPSA) is 35.5 Å². The molecule has 104 valence electrons. The van der Waals surface area contributed by atoms with Gasteiger partial charge in [-0.1, -0.05) is 26.8 Å². The first kappa shape index (κ1) is 15.6. The van der Waals surface area contributed by atoms with E-state index in [0.717, 1.165) is 26.2 Å². The number of aliphatic hydroxyl groups excluding tert-OH is 1. The molecule has 1 heterocycles. The molecule has 1 aromatic rings. The molecule has 0 bridgehead atoms. The zero-order valence-corrected chi connectivity index (χ0v) is 12.5. The summed E-state index contributed by atoms with van der Waals surface area (Å²) in [6, 6.07) is 4.23. The normalized spacial score (nSPS) is 13.4. The van der Waals surface area contributed by atoms with Gasteiger partial charge in [0, 0.05) is 24.5 Å². The fourth-order valence-electron chi connectivity index (χ4n) is 1.83. The molecule has 1 aromatic heterocycles. The van der Waals surface area contributed by atoms with E-state index in [2.05, 4.69) is 48.5 Å². The lowest BCUT2D eigenvalue weighted by Gasteiger charge is -2.23. The second kappa shape index (κ2) is 8.64. The SMILES string of the molecule is CCN(Cc1cccs1)CC(O)CNCC(C)C. The molecule has 18 heavy (non-hydrogen) atoms. The number of likely N-dealkylation sites (N-methyl/N-ethyl adjacent to an activating group) is 1. The highest BCUT2D eigenvalue weighted by atomic mass is 32.1. The minimum absolute atomic E-state index is 0.288. The molecule has 0 radical (unpaired) electrons. The van der Waals surface area contributed by atoms with Crippen molar-refractivity contribution in [2.75, 3.05) is 26.2 Å². The number of hydrogen-bond donors (Lipinski definition) is 2. The molecule has 0 saturated heterocycles. The van der Waals surface area contributed by atoms with E-state index in [1.165, 1.54) is 4.88 Å². The standard InChI is InChI=1S/C14H26N2OS/c1-4-16(11-14-6-5-7-18-14)10-13(17)9-15-8-12(2)3/h5-7,12-13,15,17H,4,8-11H2,1-3H3. The maximum atomic E-state index is 9.99. The molecule has 0 aliphatic carbocycles. The molecule has 1 rings (SSSR count). The smallest absolute Gasteiger partial charge is 0.0791 e. The predicted molar refractivity (Wildman–Crippen MR) is 79.0 cm³/mol. The number of nitrogens with one attached hydrogen (secondary N) is 1. The first-order valence-corrected chi connectivity index (χ1v) is 7.63. The third-order valence-electron chi connectivity index (χ3n) is 2.81. The number of hydrogen-bond acceptors (Lipinski definition) is 4. The van der Waals surface area contributed by atoms with Crippen LogP contribution in [0.15, 0.2) is 17.5 Å². The Morgan fingerprint density at radius 3 is 2.72 bits per heavy atom. The van der Waals surface area contributed by atoms with Crippen LogP contribution in [0, 0.1) is 5.92 Å². The van der Waals surface area contributed by atoms with Crippen LogP contribution in [-0.4, -0.2) is 42.3 Å². The molecule has 0 aromatic carbocycles. The molecule has 0 fully saturated rings. The second-order valence-electron chi connectivity index (χ2n) is 5.11. The third kappa shape index (κ3) is 6.50. The van der Waals surface area contributed by atoms with E-state index in [-0.39, 0.29) is 6.10 Å². The number of aliphatic hydroxyl groups is 1. The zero-order valence-electron chi connectivity index (χ0n) is 11.7. The van der Waals surface area contributed by atoms with Gasteiger partial charge in [-0.25, -0.2) is 0 Å². The molecular formula is C14H26N2OS. The van der Waals surface area contributed by atoms with Crippen LogP contribution in [0.1, 0.15) is 25.6 Å². The van der Waals surface area contributed by atoms with Gasteiger partial charge in [0.15, 0.2) is 0 Å². The van der Waals surface area contributed by atoms with Crippen molar-refractivity contribution in [3.05, 3.63) is 22.4 Å². The Bertz CT molecular complexity index is 301. The van der Waals surface area contributed by atoms with Gasteiger partial charge in [0.2, 0.25) is 0 Å². The molecule has 2 N–H and O–H groups in total. The lowest BCUT2D eigenvalue weighted by Crippen LogP contribution is -2.38. The predicted octanol–water partition coefficient (Wildman–Crippen LogP) is 2.18. The summed E-state index contributed by atoms with van der Waals surface area (Å²) >= 11 is 1.78. The quantitative estimate of drug-likeness (QED) is 0.722. The summed E-state index contributed by atoms with van der Waals surface area (Å²) in [7, 11) is 0. The maximum Gasteiger partial charge on any atom is 0.0791 e. The van der Waals surface area contributed by atoms with E-state index >= 15 is 0 Å². The van der Waals surface area contributed by atoms with Crippen LogP contribution in [0.4, 0.5) is 0 Å². The molecule has 0 amide bonds. The number of rotatable bonds is 9. The largest absolute Gasteiger partial charge is 0.390 e. The van der Waals surface area contributed by atoms with E-state index in [1.807, 2.05) is 0 Å². The maximum absolute atomic E-state index is 9.99. The van der Waals surface area contributed by atoms with E-state index in [1.54, 1.807) is 11.3 Å². The van der Waals surface area contributed by atoms with E-state index < -0.39 is 0 Å². The Hall–Kier alpha value is -0.420. The van der Waals surface area contributed by atoms with Gasteiger partial charge >= 0.3 is 0 Å². The summed E-state index contributed by atoms with van der Waals surface area (Å²) in [5.41, 5.74) is 0. The van der Waals surface area contributed by atoms with E-state index in [0.29, 0.717) is 12.5 Å². The van der Waals surface area contributed by atoms with Crippen molar-refractivity contribution in [2.45, 2.75) is 33.4 Å². The first-order chi connectivity index (χ1) is 8.61. The van der Waals surface area contributed by atoms with Crippen LogP contribution >= 0.6 is 11.3 Å². The molecule has 1 unspecified atom stereocenters. The van der Waals surface area contributed by atoms with Gasteiger partial charge in [0.05, 0.1) is 6.10 Å². The number of thiophene rings is 1. The molecule has 0 spiro atoms. The van der Waals surface area contributed by atoms with Gasteiger partial charge in [0.25, 0.3) is 0 Å². The van der Waals surface area contributed by atoms with Crippen molar-refractivity contribution < 1.29 is 5.11 Å². The van der Waals surface area contributed by atoms with Crippen molar-refractivity contribution in [3.63, 3.8) is 0 Å². The minimum Gasteiger partial charge on any atom is -0.390 e. The zero-order chi connectivity index (χ0) is 13.4. The number of nitrogens with zero attached hydrogens (tertiary/aromatic N) is 1. The highest BCUT2D eigenvalue weighted by Crippen LogP contribution is 2.11. The molecular weight excluding hydrogens is 244 g/mol. The van der Waals surface area contributed by atoms with Crippen LogP contribution in [0.5, 0.6) is 0 Å². The third-order valence-corrected chi connectivity index (χ3v) is 3.67. The average Bonchev–Trinajstić information content (AvgIpc) is 2.80. The van der Waals surface area contributed by atoms with Crippen LogP contribution < -0.4 is 5.32 Å². The molecule has 4 heteroatoms. The molecule has 0 saturated carbocycles. The molecule has 1 atom stereocenters. The lowest BCUT2D eigenvalue weighted by molar-refractivity contribution is 0.110. The average molecular weight is 270 g/mol. The highest BCUT2D eigenvalue weighted by molar-refractivity contribution is 7.09. The van der Waals surface area contributed by atoms with Crippen molar-refractivity contribution in [2.24, 2.45) is 5.92 Å². The first-order valence-electron chi connectivity index (χ1n) is 6.75.